The first-order valence-corrected chi connectivity index (χ1v) is 8.74. The molecule has 0 saturated carbocycles. The van der Waals surface area contributed by atoms with Crippen LogP contribution in [0.15, 0.2) is 30.3 Å². The van der Waals surface area contributed by atoms with Crippen LogP contribution in [-0.2, 0) is 11.3 Å². The van der Waals surface area contributed by atoms with E-state index >= 15 is 0 Å². The van der Waals surface area contributed by atoms with E-state index in [1.807, 2.05) is 20.0 Å². The highest BCUT2D eigenvalue weighted by molar-refractivity contribution is 6.35. The van der Waals surface area contributed by atoms with Gasteiger partial charge in [0.1, 0.15) is 12.2 Å². The molecule has 1 unspecified atom stereocenters. The van der Waals surface area contributed by atoms with Crippen molar-refractivity contribution in [3.05, 3.63) is 67.2 Å². The van der Waals surface area contributed by atoms with Gasteiger partial charge in [0.25, 0.3) is 11.6 Å². The quantitative estimate of drug-likeness (QED) is 0.581. The summed E-state index contributed by atoms with van der Waals surface area (Å²) in [6.45, 7) is 4.26. The summed E-state index contributed by atoms with van der Waals surface area (Å²) >= 11 is 12.0. The van der Waals surface area contributed by atoms with Gasteiger partial charge in [-0.05, 0) is 37.1 Å². The predicted molar refractivity (Wildman–Crippen MR) is 103 cm³/mol. The number of hydrogen-bond donors (Lipinski definition) is 2. The second-order valence-electron chi connectivity index (χ2n) is 6.25. The Morgan fingerprint density at radius 2 is 1.92 bits per heavy atom. The first-order chi connectivity index (χ1) is 12.2. The van der Waals surface area contributed by atoms with Crippen LogP contribution in [0.25, 0.3) is 0 Å². The normalized spacial score (nSPS) is 11.9. The average molecular weight is 397 g/mol. The summed E-state index contributed by atoms with van der Waals surface area (Å²) in [5.41, 5.74) is 2.57. The lowest BCUT2D eigenvalue weighted by atomic mass is 10.1. The number of nitrogens with zero attached hydrogens (tertiary/aromatic N) is 1. The van der Waals surface area contributed by atoms with E-state index in [4.69, 9.17) is 23.2 Å². The van der Waals surface area contributed by atoms with Crippen molar-refractivity contribution in [3.8, 4) is 0 Å². The summed E-state index contributed by atoms with van der Waals surface area (Å²) < 4.78 is 0. The van der Waals surface area contributed by atoms with Crippen LogP contribution in [0.3, 0.4) is 0 Å². The summed E-state index contributed by atoms with van der Waals surface area (Å²) in [6, 6.07) is 8.30. The third-order valence-corrected chi connectivity index (χ3v) is 4.73. The van der Waals surface area contributed by atoms with E-state index in [9.17, 15) is 14.9 Å². The van der Waals surface area contributed by atoms with E-state index < -0.39 is 4.92 Å². The minimum absolute atomic E-state index is 0.111. The van der Waals surface area contributed by atoms with Crippen molar-refractivity contribution in [2.45, 2.75) is 20.4 Å². The zero-order valence-corrected chi connectivity index (χ0v) is 16.2. The molecule has 26 heavy (non-hydrogen) atoms. The fourth-order valence-electron chi connectivity index (χ4n) is 2.62. The number of carbonyl (C=O) groups is 1. The Morgan fingerprint density at radius 3 is 2.54 bits per heavy atom. The number of likely N-dealkylation sites (N-methyl/N-ethyl adjacent to an activating group) is 1. The van der Waals surface area contributed by atoms with Crippen LogP contribution in [0.5, 0.6) is 0 Å². The largest absolute Gasteiger partial charge is 0.326 e. The number of amides is 1. The van der Waals surface area contributed by atoms with E-state index in [0.29, 0.717) is 22.2 Å². The molecule has 0 aromatic heterocycles. The van der Waals surface area contributed by atoms with Gasteiger partial charge in [-0.15, -0.1) is 0 Å². The molecule has 0 fully saturated rings. The van der Waals surface area contributed by atoms with Crippen LogP contribution in [0.1, 0.15) is 16.7 Å². The number of nitro groups is 1. The van der Waals surface area contributed by atoms with Gasteiger partial charge in [0.15, 0.2) is 6.54 Å². The Labute approximate surface area is 161 Å². The molecular weight excluding hydrogens is 377 g/mol. The Morgan fingerprint density at radius 1 is 1.23 bits per heavy atom. The fraction of sp³-hybridized carbons (Fsp3) is 0.278. The van der Waals surface area contributed by atoms with Crippen molar-refractivity contribution < 1.29 is 14.6 Å². The number of hydrogen-bond acceptors (Lipinski definition) is 3. The van der Waals surface area contributed by atoms with Gasteiger partial charge in [0.05, 0.1) is 17.0 Å². The number of rotatable bonds is 6. The van der Waals surface area contributed by atoms with Crippen molar-refractivity contribution in [2.24, 2.45) is 0 Å². The SMILES string of the molecule is Cc1ccc([N+](=O)[O-])c(NC(=O)C[NH+](C)Cc2ccc(Cl)cc2Cl)c1C. The first-order valence-electron chi connectivity index (χ1n) is 7.98. The molecule has 1 amide bonds. The number of anilines is 1. The van der Waals surface area contributed by atoms with Crippen molar-refractivity contribution in [2.75, 3.05) is 18.9 Å². The van der Waals surface area contributed by atoms with E-state index in [2.05, 4.69) is 5.32 Å². The van der Waals surface area contributed by atoms with Gasteiger partial charge in [-0.3, -0.25) is 14.9 Å². The molecule has 8 heteroatoms. The van der Waals surface area contributed by atoms with Crippen LogP contribution in [-0.4, -0.2) is 24.4 Å². The summed E-state index contributed by atoms with van der Waals surface area (Å²) in [4.78, 5) is 24.0. The van der Waals surface area contributed by atoms with Crippen molar-refractivity contribution >= 4 is 40.5 Å². The third kappa shape index (κ3) is 4.94. The standard InChI is InChI=1S/C18H19Cl2N3O3/c1-11-4-7-16(23(25)26)18(12(11)2)21-17(24)10-22(3)9-13-5-6-14(19)8-15(13)20/h4-8H,9-10H2,1-3H3,(H,21,24)/p+1. The predicted octanol–water partition coefficient (Wildman–Crippen LogP) is 3.17. The molecule has 1 atom stereocenters. The molecule has 2 aromatic carbocycles. The summed E-state index contributed by atoms with van der Waals surface area (Å²) in [5.74, 6) is -0.301. The molecule has 0 aliphatic heterocycles. The highest BCUT2D eigenvalue weighted by Gasteiger charge is 2.21. The van der Waals surface area contributed by atoms with E-state index in [-0.39, 0.29) is 23.8 Å². The maximum absolute atomic E-state index is 12.4. The van der Waals surface area contributed by atoms with E-state index in [0.717, 1.165) is 16.0 Å². The zero-order valence-electron chi connectivity index (χ0n) is 14.7. The molecule has 0 spiro atoms. The summed E-state index contributed by atoms with van der Waals surface area (Å²) in [6.07, 6.45) is 0. The third-order valence-electron chi connectivity index (χ3n) is 4.14. The molecule has 0 bridgehead atoms. The average Bonchev–Trinajstić information content (AvgIpc) is 2.54. The van der Waals surface area contributed by atoms with Crippen LogP contribution < -0.4 is 10.2 Å². The number of benzene rings is 2. The van der Waals surface area contributed by atoms with Gasteiger partial charge >= 0.3 is 0 Å². The highest BCUT2D eigenvalue weighted by atomic mass is 35.5. The molecule has 2 aromatic rings. The topological polar surface area (TPSA) is 76.7 Å². The second-order valence-corrected chi connectivity index (χ2v) is 7.10. The van der Waals surface area contributed by atoms with Gasteiger partial charge in [-0.2, -0.15) is 0 Å². The maximum atomic E-state index is 12.4. The van der Waals surface area contributed by atoms with Gasteiger partial charge in [-0.1, -0.05) is 35.3 Å². The molecule has 2 rings (SSSR count). The Bertz CT molecular complexity index is 856. The molecular formula is C18H20Cl2N3O3+. The summed E-state index contributed by atoms with van der Waals surface area (Å²) in [7, 11) is 1.85. The van der Waals surface area contributed by atoms with E-state index in [1.54, 1.807) is 25.1 Å². The Balaban J connectivity index is 2.09. The minimum Gasteiger partial charge on any atom is -0.326 e. The van der Waals surface area contributed by atoms with Gasteiger partial charge < -0.3 is 10.2 Å². The van der Waals surface area contributed by atoms with Gasteiger partial charge in [0, 0.05) is 16.7 Å². The molecule has 2 N–H and O–H groups in total. The minimum atomic E-state index is -0.494. The Hall–Kier alpha value is -2.15. The molecule has 0 aliphatic carbocycles. The van der Waals surface area contributed by atoms with Gasteiger partial charge in [0.2, 0.25) is 0 Å². The second kappa shape index (κ2) is 8.49. The van der Waals surface area contributed by atoms with Crippen molar-refractivity contribution in [1.29, 1.82) is 0 Å². The number of halogens is 2. The lowest BCUT2D eigenvalue weighted by molar-refractivity contribution is -0.885. The highest BCUT2D eigenvalue weighted by Crippen LogP contribution is 2.30. The number of nitro benzene ring substituents is 1. The number of nitrogens with one attached hydrogen (secondary N) is 2. The van der Waals surface area contributed by atoms with Gasteiger partial charge in [-0.25, -0.2) is 0 Å². The van der Waals surface area contributed by atoms with Crippen LogP contribution in [0, 0.1) is 24.0 Å². The van der Waals surface area contributed by atoms with E-state index in [1.165, 1.54) is 6.07 Å². The molecule has 0 saturated heterocycles. The van der Waals surface area contributed by atoms with Crippen LogP contribution >= 0.6 is 23.2 Å². The Kier molecular flexibility index (Phi) is 6.58. The first kappa shape index (κ1) is 20.2. The summed E-state index contributed by atoms with van der Waals surface area (Å²) in [5, 5.41) is 15.0. The molecule has 0 heterocycles. The van der Waals surface area contributed by atoms with Crippen molar-refractivity contribution in [1.82, 2.24) is 0 Å². The smallest absolute Gasteiger partial charge is 0.293 e. The monoisotopic (exact) mass is 396 g/mol. The van der Waals surface area contributed by atoms with Crippen molar-refractivity contribution in [3.63, 3.8) is 0 Å². The molecule has 0 radical (unpaired) electrons. The molecule has 6 nitrogen and oxygen atoms in total. The number of carbonyl (C=O) groups excluding carboxylic acids is 1. The molecule has 0 aliphatic rings. The molecule has 138 valence electrons. The lowest BCUT2D eigenvalue weighted by Gasteiger charge is -2.16. The maximum Gasteiger partial charge on any atom is 0.293 e. The number of quaternary nitrogens is 1. The zero-order chi connectivity index (χ0) is 19.4. The number of aryl methyl sites for hydroxylation is 1. The fourth-order valence-corrected chi connectivity index (χ4v) is 3.10. The lowest BCUT2D eigenvalue weighted by Crippen LogP contribution is -3.08. The van der Waals surface area contributed by atoms with Crippen LogP contribution in [0.4, 0.5) is 11.4 Å². The van der Waals surface area contributed by atoms with Crippen LogP contribution in [0.2, 0.25) is 10.0 Å².